The Bertz CT molecular complexity index is 505. The van der Waals surface area contributed by atoms with Crippen LogP contribution in [0.2, 0.25) is 0 Å². The minimum absolute atomic E-state index is 0.700. The summed E-state index contributed by atoms with van der Waals surface area (Å²) in [5, 5.41) is 21.5. The number of hydrogen-bond donors (Lipinski definition) is 2. The number of benzene rings is 2. The van der Waals surface area contributed by atoms with Crippen molar-refractivity contribution >= 4 is 10.8 Å². The molecule has 0 heterocycles. The molecule has 2 aromatic rings. The Morgan fingerprint density at radius 3 is 2.38 bits per heavy atom. The lowest BCUT2D eigenvalue weighted by Gasteiger charge is -2.15. The van der Waals surface area contributed by atoms with E-state index in [0.29, 0.717) is 5.56 Å². The molecule has 0 fully saturated rings. The fourth-order valence-corrected chi connectivity index (χ4v) is 1.72. The minimum atomic E-state index is -0.929. The number of fused-ring (bicyclic) bond motifs is 1. The average molecular weight is 214 g/mol. The lowest BCUT2D eigenvalue weighted by molar-refractivity contribution is 0.0486. The van der Waals surface area contributed by atoms with Crippen molar-refractivity contribution in [2.75, 3.05) is 0 Å². The van der Waals surface area contributed by atoms with Crippen LogP contribution in [0.15, 0.2) is 55.1 Å². The summed E-state index contributed by atoms with van der Waals surface area (Å²) in [6, 6.07) is 13.5. The smallest absolute Gasteiger partial charge is 0.108 e. The summed E-state index contributed by atoms with van der Waals surface area (Å²) in [5.41, 5.74) is 0.700. The van der Waals surface area contributed by atoms with E-state index >= 15 is 0 Å². The Balaban J connectivity index is 2.42. The van der Waals surface area contributed by atoms with Crippen molar-refractivity contribution in [3.8, 4) is 0 Å². The Labute approximate surface area is 94.5 Å². The second-order valence-electron chi connectivity index (χ2n) is 3.78. The maximum Gasteiger partial charge on any atom is 0.108 e. The van der Waals surface area contributed by atoms with Crippen molar-refractivity contribution in [2.45, 2.75) is 12.2 Å². The van der Waals surface area contributed by atoms with Gasteiger partial charge in [-0.1, -0.05) is 42.5 Å². The fourth-order valence-electron chi connectivity index (χ4n) is 1.72. The van der Waals surface area contributed by atoms with Crippen molar-refractivity contribution in [3.05, 3.63) is 60.7 Å². The second kappa shape index (κ2) is 4.47. The SMILES string of the molecule is C=CC(O)C(O)c1ccc2ccccc2c1. The van der Waals surface area contributed by atoms with Crippen molar-refractivity contribution in [2.24, 2.45) is 0 Å². The van der Waals surface area contributed by atoms with E-state index in [1.54, 1.807) is 0 Å². The molecule has 0 aliphatic heterocycles. The third kappa shape index (κ3) is 1.98. The van der Waals surface area contributed by atoms with Crippen molar-refractivity contribution in [3.63, 3.8) is 0 Å². The molecule has 2 atom stereocenters. The Kier molecular flexibility index (Phi) is 3.04. The molecule has 0 aliphatic carbocycles. The predicted octanol–water partition coefficient (Wildman–Crippen LogP) is 2.42. The van der Waals surface area contributed by atoms with Gasteiger partial charge in [0.2, 0.25) is 0 Å². The zero-order valence-electron chi connectivity index (χ0n) is 8.88. The molecule has 16 heavy (non-hydrogen) atoms. The largest absolute Gasteiger partial charge is 0.386 e. The molecule has 2 N–H and O–H groups in total. The molecular weight excluding hydrogens is 200 g/mol. The first-order chi connectivity index (χ1) is 7.72. The van der Waals surface area contributed by atoms with E-state index in [4.69, 9.17) is 0 Å². The van der Waals surface area contributed by atoms with Gasteiger partial charge in [0.15, 0.2) is 0 Å². The average Bonchev–Trinajstić information content (AvgIpc) is 2.36. The van der Waals surface area contributed by atoms with Gasteiger partial charge in [0, 0.05) is 0 Å². The van der Waals surface area contributed by atoms with Gasteiger partial charge in [-0.2, -0.15) is 0 Å². The fraction of sp³-hybridized carbons (Fsp3) is 0.143. The van der Waals surface area contributed by atoms with Crippen LogP contribution in [0.1, 0.15) is 11.7 Å². The van der Waals surface area contributed by atoms with Crippen LogP contribution >= 0.6 is 0 Å². The molecule has 0 spiro atoms. The third-order valence-electron chi connectivity index (χ3n) is 2.68. The first-order valence-corrected chi connectivity index (χ1v) is 5.20. The molecule has 2 heteroatoms. The van der Waals surface area contributed by atoms with Gasteiger partial charge >= 0.3 is 0 Å². The zero-order valence-corrected chi connectivity index (χ0v) is 8.88. The summed E-state index contributed by atoms with van der Waals surface area (Å²) in [6.07, 6.45) is -0.511. The van der Waals surface area contributed by atoms with Gasteiger partial charge in [0.05, 0.1) is 0 Å². The van der Waals surface area contributed by atoms with Crippen LogP contribution in [0, 0.1) is 0 Å². The molecule has 2 rings (SSSR count). The molecule has 2 aromatic carbocycles. The van der Waals surface area contributed by atoms with Gasteiger partial charge in [-0.25, -0.2) is 0 Å². The number of aliphatic hydroxyl groups excluding tert-OH is 2. The van der Waals surface area contributed by atoms with Crippen LogP contribution in [0.3, 0.4) is 0 Å². The molecule has 82 valence electrons. The third-order valence-corrected chi connectivity index (χ3v) is 2.68. The van der Waals surface area contributed by atoms with E-state index in [9.17, 15) is 10.2 Å². The van der Waals surface area contributed by atoms with Gasteiger partial charge in [-0.05, 0) is 22.4 Å². The zero-order chi connectivity index (χ0) is 11.5. The highest BCUT2D eigenvalue weighted by molar-refractivity contribution is 5.83. The highest BCUT2D eigenvalue weighted by atomic mass is 16.3. The van der Waals surface area contributed by atoms with Crippen LogP contribution in [-0.4, -0.2) is 16.3 Å². The molecular formula is C14H14O2. The quantitative estimate of drug-likeness (QED) is 0.770. The van der Waals surface area contributed by atoms with Gasteiger partial charge in [-0.15, -0.1) is 6.58 Å². The molecule has 0 aliphatic rings. The summed E-state index contributed by atoms with van der Waals surface area (Å²) in [6.45, 7) is 3.46. The summed E-state index contributed by atoms with van der Waals surface area (Å²) in [4.78, 5) is 0. The first-order valence-electron chi connectivity index (χ1n) is 5.20. The molecule has 0 bridgehead atoms. The summed E-state index contributed by atoms with van der Waals surface area (Å²) < 4.78 is 0. The van der Waals surface area contributed by atoms with Crippen LogP contribution in [0.25, 0.3) is 10.8 Å². The Morgan fingerprint density at radius 1 is 1.00 bits per heavy atom. The van der Waals surface area contributed by atoms with Gasteiger partial charge in [0.1, 0.15) is 12.2 Å². The first kappa shape index (κ1) is 10.9. The van der Waals surface area contributed by atoms with Crippen molar-refractivity contribution < 1.29 is 10.2 Å². The molecule has 0 saturated carbocycles. The molecule has 0 amide bonds. The molecule has 0 aromatic heterocycles. The van der Waals surface area contributed by atoms with Crippen LogP contribution in [-0.2, 0) is 0 Å². The van der Waals surface area contributed by atoms with Crippen LogP contribution in [0.4, 0.5) is 0 Å². The van der Waals surface area contributed by atoms with Crippen molar-refractivity contribution in [1.29, 1.82) is 0 Å². The van der Waals surface area contributed by atoms with E-state index in [1.165, 1.54) is 6.08 Å². The van der Waals surface area contributed by atoms with E-state index in [2.05, 4.69) is 6.58 Å². The predicted molar refractivity (Wildman–Crippen MR) is 65.1 cm³/mol. The standard InChI is InChI=1S/C14H14O2/c1-2-13(15)14(16)12-8-7-10-5-3-4-6-11(10)9-12/h2-9,13-16H,1H2. The molecule has 2 nitrogen and oxygen atoms in total. The number of aliphatic hydroxyl groups is 2. The van der Waals surface area contributed by atoms with Crippen molar-refractivity contribution in [1.82, 2.24) is 0 Å². The van der Waals surface area contributed by atoms with Gasteiger partial charge in [-0.3, -0.25) is 0 Å². The number of rotatable bonds is 3. The number of hydrogen-bond acceptors (Lipinski definition) is 2. The Morgan fingerprint density at radius 2 is 1.69 bits per heavy atom. The van der Waals surface area contributed by atoms with Crippen LogP contribution < -0.4 is 0 Å². The van der Waals surface area contributed by atoms with Gasteiger partial charge < -0.3 is 10.2 Å². The van der Waals surface area contributed by atoms with E-state index in [-0.39, 0.29) is 0 Å². The lowest BCUT2D eigenvalue weighted by Crippen LogP contribution is -2.14. The highest BCUT2D eigenvalue weighted by Crippen LogP contribution is 2.22. The van der Waals surface area contributed by atoms with Crippen LogP contribution in [0.5, 0.6) is 0 Å². The summed E-state index contributed by atoms with van der Waals surface area (Å²) >= 11 is 0. The maximum absolute atomic E-state index is 9.83. The van der Waals surface area contributed by atoms with E-state index in [0.717, 1.165) is 10.8 Å². The topological polar surface area (TPSA) is 40.5 Å². The normalized spacial score (nSPS) is 14.6. The monoisotopic (exact) mass is 214 g/mol. The Hall–Kier alpha value is -1.64. The lowest BCUT2D eigenvalue weighted by atomic mass is 10.0. The minimum Gasteiger partial charge on any atom is -0.386 e. The van der Waals surface area contributed by atoms with E-state index < -0.39 is 12.2 Å². The molecule has 0 saturated heterocycles. The molecule has 2 unspecified atom stereocenters. The summed E-state index contributed by atoms with van der Waals surface area (Å²) in [7, 11) is 0. The highest BCUT2D eigenvalue weighted by Gasteiger charge is 2.14. The van der Waals surface area contributed by atoms with E-state index in [1.807, 2.05) is 42.5 Å². The second-order valence-corrected chi connectivity index (χ2v) is 3.78. The summed E-state index contributed by atoms with van der Waals surface area (Å²) in [5.74, 6) is 0. The van der Waals surface area contributed by atoms with Gasteiger partial charge in [0.25, 0.3) is 0 Å². The maximum atomic E-state index is 9.83. The molecule has 0 radical (unpaired) electrons.